The molecule has 0 aliphatic carbocycles. The van der Waals surface area contributed by atoms with Crippen molar-refractivity contribution in [3.8, 4) is 0 Å². The molecule has 0 aromatic heterocycles. The summed E-state index contributed by atoms with van der Waals surface area (Å²) in [6, 6.07) is 0. The second-order valence-electron chi connectivity index (χ2n) is 0. The van der Waals surface area contributed by atoms with E-state index in [1.54, 1.807) is 0 Å². The molecule has 0 rings (SSSR count). The van der Waals surface area contributed by atoms with Crippen LogP contribution in [0.15, 0.2) is 0 Å². The van der Waals surface area contributed by atoms with Crippen molar-refractivity contribution in [1.29, 1.82) is 0 Å². The van der Waals surface area contributed by atoms with Crippen LogP contribution in [0.25, 0.3) is 0 Å². The van der Waals surface area contributed by atoms with Crippen LogP contribution >= 0.6 is 50.9 Å². The van der Waals surface area contributed by atoms with Gasteiger partial charge in [-0.05, 0) is 0 Å². The van der Waals surface area contributed by atoms with Gasteiger partial charge in [-0.3, -0.25) is 0 Å². The Hall–Kier alpha value is 1.82. The van der Waals surface area contributed by atoms with Crippen LogP contribution in [-0.4, -0.2) is 0 Å². The van der Waals surface area contributed by atoms with E-state index >= 15 is 0 Å². The zero-order chi connectivity index (χ0) is 2.00. The fraction of sp³-hybridized carbons (Fsp3) is 0. The van der Waals surface area contributed by atoms with E-state index in [1.807, 2.05) is 0 Å². The van der Waals surface area contributed by atoms with E-state index < -0.39 is 0 Å². The van der Waals surface area contributed by atoms with Gasteiger partial charge in [-0.2, -0.15) is 0 Å². The van der Waals surface area contributed by atoms with Gasteiger partial charge in [0.15, 0.2) is 0 Å². The summed E-state index contributed by atoms with van der Waals surface area (Å²) in [7, 11) is 0. The van der Waals surface area contributed by atoms with Crippen LogP contribution in [0.3, 0.4) is 0 Å². The van der Waals surface area contributed by atoms with E-state index in [0.717, 1.165) is 17.4 Å². The SMILES string of the molecule is Br.Br.Br.[O]=[V]. The predicted octanol–water partition coefficient (Wildman–Crippen LogP) is 1.61. The topological polar surface area (TPSA) is 17.1 Å². The second-order valence-corrected chi connectivity index (χ2v) is 0. The summed E-state index contributed by atoms with van der Waals surface area (Å²) in [5.74, 6) is 0. The average molecular weight is 310 g/mol. The molecule has 0 aromatic carbocycles. The van der Waals surface area contributed by atoms with E-state index in [2.05, 4.69) is 0 Å². The molecule has 0 aliphatic rings. The Bertz CT molecular complexity index is 6.85. The first-order valence-electron chi connectivity index (χ1n) is 0.183. The van der Waals surface area contributed by atoms with Crippen LogP contribution in [0.2, 0.25) is 0 Å². The van der Waals surface area contributed by atoms with Crippen LogP contribution in [0, 0.1) is 0 Å². The number of rotatable bonds is 0. The Morgan fingerprint density at radius 3 is 0.800 bits per heavy atom. The molecule has 0 bridgehead atoms. The fourth-order valence-electron chi connectivity index (χ4n) is 0. The first kappa shape index (κ1) is 29.0. The Labute approximate surface area is 71.4 Å². The van der Waals surface area contributed by atoms with Gasteiger partial charge in [-0.25, -0.2) is 0 Å². The van der Waals surface area contributed by atoms with Crippen molar-refractivity contribution in [3.05, 3.63) is 0 Å². The number of halogens is 3. The van der Waals surface area contributed by atoms with Crippen LogP contribution in [-0.2, 0) is 21.0 Å². The summed E-state index contributed by atoms with van der Waals surface area (Å²) in [4.78, 5) is 0. The molecule has 35 valence electrons. The maximum absolute atomic E-state index is 8.19. The first-order chi connectivity index (χ1) is 1.00. The van der Waals surface area contributed by atoms with Gasteiger partial charge in [-0.15, -0.1) is 50.9 Å². The van der Waals surface area contributed by atoms with Crippen molar-refractivity contribution < 1.29 is 21.0 Å². The van der Waals surface area contributed by atoms with Gasteiger partial charge in [0.25, 0.3) is 0 Å². The summed E-state index contributed by atoms with van der Waals surface area (Å²) in [5.41, 5.74) is 0. The molecule has 0 N–H and O–H groups in total. The van der Waals surface area contributed by atoms with Crippen LogP contribution in [0.1, 0.15) is 0 Å². The van der Waals surface area contributed by atoms with Gasteiger partial charge in [-0.1, -0.05) is 0 Å². The summed E-state index contributed by atoms with van der Waals surface area (Å²) >= 11 is 1.06. The third kappa shape index (κ3) is 25.6. The molecule has 5 heteroatoms. The van der Waals surface area contributed by atoms with Crippen molar-refractivity contribution in [2.24, 2.45) is 0 Å². The minimum absolute atomic E-state index is 0. The summed E-state index contributed by atoms with van der Waals surface area (Å²) in [5, 5.41) is 0. The van der Waals surface area contributed by atoms with Gasteiger partial charge in [0.1, 0.15) is 0 Å². The molecule has 0 radical (unpaired) electrons. The average Bonchev–Trinajstić information content (AvgIpc) is 1.00. The van der Waals surface area contributed by atoms with E-state index in [-0.39, 0.29) is 50.9 Å². The van der Waals surface area contributed by atoms with Crippen LogP contribution < -0.4 is 0 Å². The Morgan fingerprint density at radius 1 is 0.800 bits per heavy atom. The zero-order valence-corrected chi connectivity index (χ0v) is 8.62. The molecule has 0 saturated heterocycles. The quantitative estimate of drug-likeness (QED) is 0.664. The monoisotopic (exact) mass is 307 g/mol. The second kappa shape index (κ2) is 40.7. The van der Waals surface area contributed by atoms with Crippen molar-refractivity contribution in [3.63, 3.8) is 0 Å². The molecule has 0 fully saturated rings. The molecule has 0 saturated carbocycles. The van der Waals surface area contributed by atoms with Gasteiger partial charge in [0, 0.05) is 0 Å². The molecule has 5 heavy (non-hydrogen) atoms. The molecular weight excluding hydrogens is 307 g/mol. The molecule has 1 nitrogen and oxygen atoms in total. The molecule has 0 aromatic rings. The normalized spacial score (nSPS) is 0.600. The molecule has 0 spiro atoms. The number of hydrogen-bond donors (Lipinski definition) is 0. The fourth-order valence-corrected chi connectivity index (χ4v) is 0. The van der Waals surface area contributed by atoms with E-state index in [4.69, 9.17) is 3.67 Å². The van der Waals surface area contributed by atoms with Crippen LogP contribution in [0.4, 0.5) is 0 Å². The molecule has 0 atom stereocenters. The molecule has 0 amide bonds. The Balaban J connectivity index is -0.00000000167. The molecule has 0 unspecified atom stereocenters. The summed E-state index contributed by atoms with van der Waals surface area (Å²) in [6.45, 7) is 0. The zero-order valence-electron chi connectivity index (χ0n) is 2.08. The maximum atomic E-state index is 8.19. The van der Waals surface area contributed by atoms with Crippen molar-refractivity contribution >= 4 is 50.9 Å². The summed E-state index contributed by atoms with van der Waals surface area (Å²) < 4.78 is 8.19. The standard InChI is InChI=1S/3BrH.O.V/h3*1H;;. The number of hydrogen-bond acceptors (Lipinski definition) is 1. The van der Waals surface area contributed by atoms with Crippen molar-refractivity contribution in [1.82, 2.24) is 0 Å². The predicted molar refractivity (Wildman–Crippen MR) is 31.7 cm³/mol. The molecule has 0 heterocycles. The van der Waals surface area contributed by atoms with Gasteiger partial charge in [0.2, 0.25) is 0 Å². The molecular formula is H3Br3OV. The Kier molecular flexibility index (Phi) is 236. The van der Waals surface area contributed by atoms with Crippen molar-refractivity contribution in [2.45, 2.75) is 0 Å². The van der Waals surface area contributed by atoms with E-state index in [0.29, 0.717) is 0 Å². The van der Waals surface area contributed by atoms with E-state index in [1.165, 1.54) is 0 Å². The first-order valence-corrected chi connectivity index (χ1v) is 0.753. The van der Waals surface area contributed by atoms with Gasteiger partial charge < -0.3 is 0 Å². The van der Waals surface area contributed by atoms with Crippen LogP contribution in [0.5, 0.6) is 0 Å². The van der Waals surface area contributed by atoms with Gasteiger partial charge in [0.05, 0.1) is 0 Å². The summed E-state index contributed by atoms with van der Waals surface area (Å²) in [6.07, 6.45) is 0. The van der Waals surface area contributed by atoms with Crippen molar-refractivity contribution in [2.75, 3.05) is 0 Å². The minimum atomic E-state index is 0. The third-order valence-electron chi connectivity index (χ3n) is 0. The third-order valence-corrected chi connectivity index (χ3v) is 0. The molecule has 0 aliphatic heterocycles. The van der Waals surface area contributed by atoms with E-state index in [9.17, 15) is 0 Å². The van der Waals surface area contributed by atoms with Gasteiger partial charge >= 0.3 is 21.0 Å². The Morgan fingerprint density at radius 2 is 0.800 bits per heavy atom.